The number of ether oxygens (including phenoxy) is 2. The second-order valence-electron chi connectivity index (χ2n) is 3.37. The Bertz CT molecular complexity index is 473. The summed E-state index contributed by atoms with van der Waals surface area (Å²) in [6.45, 7) is 1.64. The molecule has 0 amide bonds. The first-order chi connectivity index (χ1) is 8.52. The van der Waals surface area contributed by atoms with Crippen molar-refractivity contribution in [1.82, 2.24) is 0 Å². The third-order valence-electron chi connectivity index (χ3n) is 2.16. The summed E-state index contributed by atoms with van der Waals surface area (Å²) in [6.07, 6.45) is 1.39. The van der Waals surface area contributed by atoms with Gasteiger partial charge >= 0.3 is 7.68 Å². The molecule has 1 aromatic rings. The number of benzene rings is 1. The van der Waals surface area contributed by atoms with Crippen molar-refractivity contribution in [2.45, 2.75) is 6.92 Å². The smallest absolute Gasteiger partial charge is 0.390 e. The number of hydrogen-bond donors (Lipinski definition) is 0. The maximum Gasteiger partial charge on any atom is 0.390 e. The predicted octanol–water partition coefficient (Wildman–Crippen LogP) is 3.87. The van der Waals surface area contributed by atoms with Gasteiger partial charge in [-0.1, -0.05) is 6.07 Å². The number of methoxy groups -OCH3 is 2. The van der Waals surface area contributed by atoms with E-state index in [0.29, 0.717) is 17.1 Å². The number of hydrogen-bond acceptors (Lipinski definition) is 4. The molecule has 0 aliphatic carbocycles. The van der Waals surface area contributed by atoms with Crippen molar-refractivity contribution in [3.8, 4) is 11.5 Å². The van der Waals surface area contributed by atoms with Crippen molar-refractivity contribution in [2.75, 3.05) is 20.8 Å². The lowest BCUT2D eigenvalue weighted by Gasteiger charge is -2.08. The zero-order valence-electron chi connectivity index (χ0n) is 10.6. The van der Waals surface area contributed by atoms with Crippen LogP contribution in [0.5, 0.6) is 11.5 Å². The molecule has 1 unspecified atom stereocenters. The van der Waals surface area contributed by atoms with E-state index in [1.54, 1.807) is 25.1 Å². The zero-order valence-corrected chi connectivity index (χ0v) is 11.4. The van der Waals surface area contributed by atoms with Gasteiger partial charge in [0.05, 0.1) is 20.8 Å². The minimum atomic E-state index is -4.15. The van der Waals surface area contributed by atoms with E-state index in [1.165, 1.54) is 20.3 Å². The maximum absolute atomic E-state index is 13.3. The molecule has 0 spiro atoms. The summed E-state index contributed by atoms with van der Waals surface area (Å²) in [6, 6.07) is 5.04. The molecular weight excluding hydrogens is 258 g/mol. The molecule has 6 heteroatoms. The van der Waals surface area contributed by atoms with Crippen molar-refractivity contribution in [3.05, 3.63) is 29.6 Å². The Balaban J connectivity index is 2.92. The molecule has 0 heterocycles. The van der Waals surface area contributed by atoms with Crippen molar-refractivity contribution >= 4 is 13.8 Å². The first-order valence-electron chi connectivity index (χ1n) is 5.37. The summed E-state index contributed by atoms with van der Waals surface area (Å²) >= 11 is 0. The highest BCUT2D eigenvalue weighted by Gasteiger charge is 2.15. The summed E-state index contributed by atoms with van der Waals surface area (Å²) in [5, 5.41) is 0. The zero-order chi connectivity index (χ0) is 13.6. The Kier molecular flexibility index (Phi) is 5.38. The molecule has 0 saturated carbocycles. The van der Waals surface area contributed by atoms with Gasteiger partial charge in [0.25, 0.3) is 0 Å². The highest BCUT2D eigenvalue weighted by atomic mass is 31.2. The van der Waals surface area contributed by atoms with E-state index in [0.717, 1.165) is 5.82 Å². The average Bonchev–Trinajstić information content (AvgIpc) is 2.36. The fourth-order valence-electron chi connectivity index (χ4n) is 1.35. The second kappa shape index (κ2) is 6.57. The Hall–Kier alpha value is -1.32. The van der Waals surface area contributed by atoms with Gasteiger partial charge in [-0.15, -0.1) is 0 Å². The molecule has 0 fully saturated rings. The minimum Gasteiger partial charge on any atom is -0.493 e. The molecule has 0 N–H and O–H groups in total. The summed E-state index contributed by atoms with van der Waals surface area (Å²) in [5.74, 6) is 2.02. The number of rotatable bonds is 6. The molecule has 18 heavy (non-hydrogen) atoms. The van der Waals surface area contributed by atoms with Gasteiger partial charge in [-0.25, -0.2) is 0 Å². The van der Waals surface area contributed by atoms with Gasteiger partial charge in [-0.2, -0.15) is 4.20 Å². The van der Waals surface area contributed by atoms with Crippen LogP contribution in [0.25, 0.3) is 6.08 Å². The van der Waals surface area contributed by atoms with Gasteiger partial charge < -0.3 is 14.0 Å². The van der Waals surface area contributed by atoms with Crippen LogP contribution in [0.3, 0.4) is 0 Å². The highest BCUT2D eigenvalue weighted by molar-refractivity contribution is 7.57. The van der Waals surface area contributed by atoms with Gasteiger partial charge in [0.1, 0.15) is 0 Å². The molecular formula is C12H16FO4P. The Morgan fingerprint density at radius 3 is 2.50 bits per heavy atom. The fraction of sp³-hybridized carbons (Fsp3) is 0.333. The molecule has 1 aromatic carbocycles. The van der Waals surface area contributed by atoms with Crippen LogP contribution in [0.15, 0.2) is 24.0 Å². The Morgan fingerprint density at radius 1 is 1.28 bits per heavy atom. The SMILES string of the molecule is CCOP(=O)(F)C=Cc1ccc(OC)c(OC)c1. The summed E-state index contributed by atoms with van der Waals surface area (Å²) in [7, 11) is -1.12. The second-order valence-corrected chi connectivity index (χ2v) is 4.97. The maximum atomic E-state index is 13.3. The molecule has 0 aliphatic rings. The third-order valence-corrected chi connectivity index (χ3v) is 3.27. The van der Waals surface area contributed by atoms with E-state index in [9.17, 15) is 8.76 Å². The average molecular weight is 274 g/mol. The molecule has 4 nitrogen and oxygen atoms in total. The summed E-state index contributed by atoms with van der Waals surface area (Å²) < 4.78 is 39.2. The highest BCUT2D eigenvalue weighted by Crippen LogP contribution is 2.50. The lowest BCUT2D eigenvalue weighted by molar-refractivity contribution is 0.312. The van der Waals surface area contributed by atoms with Crippen LogP contribution >= 0.6 is 7.68 Å². The van der Waals surface area contributed by atoms with Gasteiger partial charge in [0.15, 0.2) is 11.5 Å². The van der Waals surface area contributed by atoms with E-state index in [4.69, 9.17) is 9.47 Å². The molecule has 0 radical (unpaired) electrons. The van der Waals surface area contributed by atoms with Crippen LogP contribution < -0.4 is 9.47 Å². The molecule has 0 aromatic heterocycles. The van der Waals surface area contributed by atoms with Crippen molar-refractivity contribution in [2.24, 2.45) is 0 Å². The van der Waals surface area contributed by atoms with E-state index < -0.39 is 7.68 Å². The lowest BCUT2D eigenvalue weighted by atomic mass is 10.2. The van der Waals surface area contributed by atoms with Gasteiger partial charge in [0.2, 0.25) is 0 Å². The number of halogens is 1. The third kappa shape index (κ3) is 4.17. The molecule has 0 aliphatic heterocycles. The van der Waals surface area contributed by atoms with Gasteiger partial charge in [0, 0.05) is 5.82 Å². The van der Waals surface area contributed by atoms with Crippen molar-refractivity contribution in [1.29, 1.82) is 0 Å². The van der Waals surface area contributed by atoms with Crippen LogP contribution in [-0.2, 0) is 9.09 Å². The van der Waals surface area contributed by atoms with E-state index in [1.807, 2.05) is 0 Å². The fourth-order valence-corrected chi connectivity index (χ4v) is 2.14. The normalized spacial score (nSPS) is 14.4. The summed E-state index contributed by atoms with van der Waals surface area (Å²) in [5.41, 5.74) is 0.644. The van der Waals surface area contributed by atoms with Crippen LogP contribution in [0.4, 0.5) is 4.20 Å². The minimum absolute atomic E-state index is 0.0596. The quantitative estimate of drug-likeness (QED) is 0.738. The molecule has 1 atom stereocenters. The molecule has 0 saturated heterocycles. The standard InChI is InChI=1S/C12H16FO4P/c1-4-17-18(13,14)8-7-10-5-6-11(15-2)12(9-10)16-3/h5-9H,4H2,1-3H3. The molecule has 1 rings (SSSR count). The van der Waals surface area contributed by atoms with Gasteiger partial charge in [-0.05, 0) is 30.7 Å². The first kappa shape index (κ1) is 14.7. The first-order valence-corrected chi connectivity index (χ1v) is 6.96. The Morgan fingerprint density at radius 2 is 1.94 bits per heavy atom. The predicted molar refractivity (Wildman–Crippen MR) is 68.9 cm³/mol. The van der Waals surface area contributed by atoms with Crippen LogP contribution in [0, 0.1) is 0 Å². The topological polar surface area (TPSA) is 44.8 Å². The van der Waals surface area contributed by atoms with Crippen molar-refractivity contribution in [3.63, 3.8) is 0 Å². The molecule has 0 bridgehead atoms. The van der Waals surface area contributed by atoms with E-state index in [-0.39, 0.29) is 6.61 Å². The monoisotopic (exact) mass is 274 g/mol. The van der Waals surface area contributed by atoms with Crippen LogP contribution in [-0.4, -0.2) is 20.8 Å². The lowest BCUT2D eigenvalue weighted by Crippen LogP contribution is -1.90. The Labute approximate surface area is 106 Å². The van der Waals surface area contributed by atoms with Crippen molar-refractivity contribution < 1.29 is 22.8 Å². The van der Waals surface area contributed by atoms with E-state index in [2.05, 4.69) is 4.52 Å². The molecule has 100 valence electrons. The van der Waals surface area contributed by atoms with Crippen LogP contribution in [0.2, 0.25) is 0 Å². The van der Waals surface area contributed by atoms with E-state index >= 15 is 0 Å². The summed E-state index contributed by atoms with van der Waals surface area (Å²) in [4.78, 5) is 0. The van der Waals surface area contributed by atoms with Crippen LogP contribution in [0.1, 0.15) is 12.5 Å². The largest absolute Gasteiger partial charge is 0.493 e. The van der Waals surface area contributed by atoms with Gasteiger partial charge in [-0.3, -0.25) is 4.57 Å².